The lowest BCUT2D eigenvalue weighted by Crippen LogP contribution is -2.40. The van der Waals surface area contributed by atoms with Gasteiger partial charge in [0.2, 0.25) is 0 Å². The number of quaternary nitrogens is 1. The van der Waals surface area contributed by atoms with E-state index in [-0.39, 0.29) is 38.2 Å². The van der Waals surface area contributed by atoms with Crippen molar-refractivity contribution in [1.82, 2.24) is 0 Å². The van der Waals surface area contributed by atoms with Gasteiger partial charge in [0, 0.05) is 12.8 Å². The molecule has 0 aromatic heterocycles. The molecule has 0 aromatic rings. The lowest BCUT2D eigenvalue weighted by molar-refractivity contribution is -0.870. The van der Waals surface area contributed by atoms with Gasteiger partial charge in [-0.05, 0) is 96.3 Å². The molecule has 0 aliphatic rings. The van der Waals surface area contributed by atoms with E-state index in [1.165, 1.54) is 289 Å². The van der Waals surface area contributed by atoms with Crippen molar-refractivity contribution in [2.45, 2.75) is 411 Å². The van der Waals surface area contributed by atoms with E-state index in [0.29, 0.717) is 17.4 Å². The van der Waals surface area contributed by atoms with Crippen LogP contribution in [0.4, 0.5) is 0 Å². The SMILES string of the molecule is CC/C=C\C/C=C\C/C=C\C/C=C\C/C=C\CCCCCCCCCCCCCCCCCCCCCCCCCCCC(=O)OC(COC(=O)CCCCCCCCCCCCCCCCCCCC/C=C\C/C=C\C/C=C\CCCCCCC)COC(OCC[N+](C)(C)C)C(=O)O. The number of rotatable bonds is 79. The summed E-state index contributed by atoms with van der Waals surface area (Å²) >= 11 is 0. The highest BCUT2D eigenvalue weighted by molar-refractivity contribution is 5.71. The fourth-order valence-electron chi connectivity index (χ4n) is 12.4. The number of carbonyl (C=O) groups excluding carboxylic acids is 2. The van der Waals surface area contributed by atoms with Crippen LogP contribution in [0.15, 0.2) is 97.2 Å². The predicted molar refractivity (Wildman–Crippen MR) is 429 cm³/mol. The van der Waals surface area contributed by atoms with Crippen LogP contribution in [0.3, 0.4) is 0 Å². The number of likely N-dealkylation sites (N-methyl/N-ethyl adjacent to an activating group) is 1. The van der Waals surface area contributed by atoms with E-state index < -0.39 is 18.4 Å². The van der Waals surface area contributed by atoms with Gasteiger partial charge in [-0.15, -0.1) is 0 Å². The first-order valence-corrected chi connectivity index (χ1v) is 42.4. The fraction of sp³-hybridized carbons (Fsp3) is 0.789. The number of ether oxygens (including phenoxy) is 4. The maximum Gasteiger partial charge on any atom is 0.361 e. The zero-order chi connectivity index (χ0) is 71.8. The molecule has 0 aliphatic carbocycles. The van der Waals surface area contributed by atoms with E-state index in [9.17, 15) is 19.5 Å². The number of nitrogens with zero attached hydrogens (tertiary/aromatic N) is 1. The van der Waals surface area contributed by atoms with Crippen molar-refractivity contribution >= 4 is 17.9 Å². The van der Waals surface area contributed by atoms with Gasteiger partial charge in [-0.3, -0.25) is 9.59 Å². The highest BCUT2D eigenvalue weighted by Gasteiger charge is 2.25. The van der Waals surface area contributed by atoms with Gasteiger partial charge in [-0.1, -0.05) is 387 Å². The lowest BCUT2D eigenvalue weighted by atomic mass is 10.0. The fourth-order valence-corrected chi connectivity index (χ4v) is 12.4. The van der Waals surface area contributed by atoms with Crippen LogP contribution < -0.4 is 0 Å². The molecule has 2 unspecified atom stereocenters. The van der Waals surface area contributed by atoms with Crippen LogP contribution in [0.1, 0.15) is 399 Å². The van der Waals surface area contributed by atoms with Crippen LogP contribution in [0.2, 0.25) is 0 Å². The number of carbonyl (C=O) groups is 3. The lowest BCUT2D eigenvalue weighted by Gasteiger charge is -2.25. The van der Waals surface area contributed by atoms with E-state index in [1.54, 1.807) is 0 Å². The van der Waals surface area contributed by atoms with Crippen molar-refractivity contribution in [3.8, 4) is 0 Å². The smallest absolute Gasteiger partial charge is 0.361 e. The molecule has 0 radical (unpaired) electrons. The number of aliphatic carboxylic acids is 1. The summed E-state index contributed by atoms with van der Waals surface area (Å²) < 4.78 is 23.1. The van der Waals surface area contributed by atoms with Crippen molar-refractivity contribution in [3.05, 3.63) is 97.2 Å². The van der Waals surface area contributed by atoms with Crippen LogP contribution in [-0.4, -0.2) is 87.4 Å². The summed E-state index contributed by atoms with van der Waals surface area (Å²) in [6.45, 7) is 4.81. The molecule has 9 heteroatoms. The molecule has 0 fully saturated rings. The maximum atomic E-state index is 13.0. The minimum Gasteiger partial charge on any atom is -0.477 e. The summed E-state index contributed by atoms with van der Waals surface area (Å²) in [7, 11) is 6.00. The second-order valence-corrected chi connectivity index (χ2v) is 29.8. The van der Waals surface area contributed by atoms with Gasteiger partial charge in [-0.2, -0.15) is 0 Å². The standard InChI is InChI=1S/C90H161NO8/c1-6-8-10-12-14-16-18-20-22-24-26-28-30-32-34-36-38-40-41-42-43-44-45-46-47-49-51-53-55-57-59-61-63-65-67-69-71-73-75-77-79-81-88(93)99-86(85-98-90(89(94)95)96-83-82-91(3,4)5)84-97-87(92)80-78-76-74-72-70-68-66-64-62-60-58-56-54-52-50-48-39-37-35-33-31-29-27-25-23-21-19-17-15-13-11-9-7-2/h8,10,14,16,19-22,25-28,31-34,86,90H,6-7,9,11-13,15,17-18,23-24,29-30,35-85H2,1-5H3/p+1/b10-8-,16-14-,21-19-,22-20-,27-25-,28-26-,33-31-,34-32-. The number of carboxylic acids is 1. The average molecular weight is 1390 g/mol. The first kappa shape index (κ1) is 95.2. The van der Waals surface area contributed by atoms with Gasteiger partial charge in [0.15, 0.2) is 6.10 Å². The Morgan fingerprint density at radius 1 is 0.313 bits per heavy atom. The van der Waals surface area contributed by atoms with Crippen LogP contribution >= 0.6 is 0 Å². The second kappa shape index (κ2) is 79.9. The number of unbranched alkanes of at least 4 members (excludes halogenated alkanes) is 48. The predicted octanol–water partition coefficient (Wildman–Crippen LogP) is 27.5. The van der Waals surface area contributed by atoms with Crippen molar-refractivity contribution in [1.29, 1.82) is 0 Å². The molecule has 0 bridgehead atoms. The first-order valence-electron chi connectivity index (χ1n) is 42.4. The zero-order valence-corrected chi connectivity index (χ0v) is 65.9. The Morgan fingerprint density at radius 2 is 0.576 bits per heavy atom. The van der Waals surface area contributed by atoms with Crippen molar-refractivity contribution in [2.24, 2.45) is 0 Å². The molecule has 574 valence electrons. The molecular weight excluding hydrogens is 1220 g/mol. The highest BCUT2D eigenvalue weighted by Crippen LogP contribution is 2.20. The molecule has 0 heterocycles. The Balaban J connectivity index is 3.95. The Hall–Kier alpha value is -3.79. The van der Waals surface area contributed by atoms with Crippen molar-refractivity contribution < 1.29 is 42.9 Å². The van der Waals surface area contributed by atoms with Gasteiger partial charge in [0.05, 0.1) is 34.4 Å². The second-order valence-electron chi connectivity index (χ2n) is 29.8. The third kappa shape index (κ3) is 81.4. The van der Waals surface area contributed by atoms with Gasteiger partial charge >= 0.3 is 17.9 Å². The van der Waals surface area contributed by atoms with Crippen LogP contribution in [-0.2, 0) is 33.3 Å². The van der Waals surface area contributed by atoms with Gasteiger partial charge in [0.25, 0.3) is 6.29 Å². The zero-order valence-electron chi connectivity index (χ0n) is 65.9. The Kier molecular flexibility index (Phi) is 76.8. The van der Waals surface area contributed by atoms with Gasteiger partial charge < -0.3 is 28.5 Å². The summed E-state index contributed by atoms with van der Waals surface area (Å²) in [5, 5.41) is 9.79. The van der Waals surface area contributed by atoms with Crippen molar-refractivity contribution in [2.75, 3.05) is 47.5 Å². The van der Waals surface area contributed by atoms with Crippen LogP contribution in [0, 0.1) is 0 Å². The third-order valence-corrected chi connectivity index (χ3v) is 18.8. The molecule has 0 saturated carbocycles. The molecule has 0 saturated heterocycles. The highest BCUT2D eigenvalue weighted by atomic mass is 16.7. The van der Waals surface area contributed by atoms with Gasteiger partial charge in [-0.25, -0.2) is 4.79 Å². The summed E-state index contributed by atoms with van der Waals surface area (Å²) in [6.07, 6.45) is 109. The molecule has 2 atom stereocenters. The van der Waals surface area contributed by atoms with E-state index in [1.807, 2.05) is 21.1 Å². The maximum absolute atomic E-state index is 13.0. The molecule has 0 aromatic carbocycles. The molecule has 0 aliphatic heterocycles. The Bertz CT molecular complexity index is 1960. The molecular formula is C90H162NO8+. The minimum atomic E-state index is -1.51. The molecule has 9 nitrogen and oxygen atoms in total. The van der Waals surface area contributed by atoms with Crippen LogP contribution in [0.5, 0.6) is 0 Å². The van der Waals surface area contributed by atoms with E-state index >= 15 is 0 Å². The Morgan fingerprint density at radius 3 is 0.859 bits per heavy atom. The first-order chi connectivity index (χ1) is 48.6. The van der Waals surface area contributed by atoms with Gasteiger partial charge in [0.1, 0.15) is 13.2 Å². The van der Waals surface area contributed by atoms with E-state index in [0.717, 1.165) is 83.5 Å². The van der Waals surface area contributed by atoms with Crippen LogP contribution in [0.25, 0.3) is 0 Å². The number of carboxylic acid groups (broad SMARTS) is 1. The summed E-state index contributed by atoms with van der Waals surface area (Å²) in [6, 6.07) is 0. The summed E-state index contributed by atoms with van der Waals surface area (Å²) in [5.74, 6) is -1.98. The quantitative estimate of drug-likeness (QED) is 0.0211. The van der Waals surface area contributed by atoms with E-state index in [4.69, 9.17) is 18.9 Å². The van der Waals surface area contributed by atoms with E-state index in [2.05, 4.69) is 111 Å². The monoisotopic (exact) mass is 1390 g/mol. The largest absolute Gasteiger partial charge is 0.477 e. The summed E-state index contributed by atoms with van der Waals surface area (Å²) in [4.78, 5) is 37.8. The number of allylic oxidation sites excluding steroid dienone is 16. The number of hydrogen-bond acceptors (Lipinski definition) is 7. The third-order valence-electron chi connectivity index (χ3n) is 18.8. The topological polar surface area (TPSA) is 108 Å². The molecule has 0 spiro atoms. The summed E-state index contributed by atoms with van der Waals surface area (Å²) in [5.41, 5.74) is 0. The normalized spacial score (nSPS) is 13.1. The molecule has 1 N–H and O–H groups in total. The molecule has 99 heavy (non-hydrogen) atoms. The minimum absolute atomic E-state index is 0.179. The average Bonchev–Trinajstić information content (AvgIpc) is 2.62. The number of hydrogen-bond donors (Lipinski definition) is 1. The number of esters is 2. The van der Waals surface area contributed by atoms with Crippen molar-refractivity contribution in [3.63, 3.8) is 0 Å². The Labute approximate surface area is 613 Å². The molecule has 0 rings (SSSR count). The molecule has 0 amide bonds.